The van der Waals surface area contributed by atoms with E-state index in [0.717, 1.165) is 11.8 Å². The fourth-order valence-corrected chi connectivity index (χ4v) is 1.68. The third kappa shape index (κ3) is 4.09. The van der Waals surface area contributed by atoms with Gasteiger partial charge in [0.15, 0.2) is 11.6 Å². The van der Waals surface area contributed by atoms with Crippen LogP contribution >= 0.6 is 0 Å². The minimum atomic E-state index is -0.850. The molecule has 2 aromatic rings. The van der Waals surface area contributed by atoms with Gasteiger partial charge in [0, 0.05) is 12.1 Å². The Morgan fingerprint density at radius 3 is 2.60 bits per heavy atom. The second-order valence-corrected chi connectivity index (χ2v) is 5.76. The van der Waals surface area contributed by atoms with Crippen LogP contribution in [0, 0.1) is 11.6 Å². The SMILES string of the molecule is CC(C)(C)NCc1cn(Cc2ccc(F)c(F)c2)nn1. The van der Waals surface area contributed by atoms with Crippen LogP contribution in [0.25, 0.3) is 0 Å². The number of rotatable bonds is 4. The maximum absolute atomic E-state index is 13.1. The molecule has 0 saturated heterocycles. The molecule has 0 unspecified atom stereocenters. The van der Waals surface area contributed by atoms with Crippen molar-refractivity contribution in [3.8, 4) is 0 Å². The average Bonchev–Trinajstić information content (AvgIpc) is 2.78. The van der Waals surface area contributed by atoms with E-state index in [2.05, 4.69) is 36.4 Å². The quantitative estimate of drug-likeness (QED) is 0.935. The second-order valence-electron chi connectivity index (χ2n) is 5.76. The molecule has 20 heavy (non-hydrogen) atoms. The summed E-state index contributed by atoms with van der Waals surface area (Å²) >= 11 is 0. The van der Waals surface area contributed by atoms with Gasteiger partial charge in [-0.3, -0.25) is 0 Å². The van der Waals surface area contributed by atoms with Crippen LogP contribution in [0.15, 0.2) is 24.4 Å². The summed E-state index contributed by atoms with van der Waals surface area (Å²) in [7, 11) is 0. The van der Waals surface area contributed by atoms with Gasteiger partial charge in [-0.15, -0.1) is 5.10 Å². The van der Waals surface area contributed by atoms with E-state index in [0.29, 0.717) is 18.7 Å². The Hall–Kier alpha value is -1.82. The van der Waals surface area contributed by atoms with Crippen LogP contribution in [-0.4, -0.2) is 20.5 Å². The Morgan fingerprint density at radius 2 is 1.95 bits per heavy atom. The first-order chi connectivity index (χ1) is 9.33. The zero-order valence-electron chi connectivity index (χ0n) is 11.8. The highest BCUT2D eigenvalue weighted by atomic mass is 19.2. The van der Waals surface area contributed by atoms with Gasteiger partial charge in [-0.2, -0.15) is 0 Å². The molecular weight excluding hydrogens is 262 g/mol. The molecule has 0 spiro atoms. The Kier molecular flexibility index (Phi) is 4.13. The van der Waals surface area contributed by atoms with Crippen LogP contribution < -0.4 is 5.32 Å². The first kappa shape index (κ1) is 14.6. The number of halogens is 2. The maximum Gasteiger partial charge on any atom is 0.159 e. The van der Waals surface area contributed by atoms with Gasteiger partial charge in [-0.05, 0) is 38.5 Å². The van der Waals surface area contributed by atoms with E-state index in [1.54, 1.807) is 10.9 Å². The average molecular weight is 280 g/mol. The Bertz CT molecular complexity index is 587. The topological polar surface area (TPSA) is 42.7 Å². The van der Waals surface area contributed by atoms with Crippen LogP contribution in [0.1, 0.15) is 32.0 Å². The van der Waals surface area contributed by atoms with Gasteiger partial charge in [0.05, 0.1) is 18.4 Å². The monoisotopic (exact) mass is 280 g/mol. The molecule has 0 aliphatic heterocycles. The second kappa shape index (κ2) is 5.66. The van der Waals surface area contributed by atoms with E-state index in [1.165, 1.54) is 12.1 Å². The molecule has 6 heteroatoms. The molecule has 0 amide bonds. The summed E-state index contributed by atoms with van der Waals surface area (Å²) in [6.07, 6.45) is 1.79. The van der Waals surface area contributed by atoms with Crippen molar-refractivity contribution in [3.05, 3.63) is 47.3 Å². The van der Waals surface area contributed by atoms with Crippen molar-refractivity contribution < 1.29 is 8.78 Å². The third-order valence-corrected chi connectivity index (χ3v) is 2.71. The van der Waals surface area contributed by atoms with Crippen molar-refractivity contribution in [2.24, 2.45) is 0 Å². The van der Waals surface area contributed by atoms with Crippen molar-refractivity contribution in [1.82, 2.24) is 20.3 Å². The first-order valence-electron chi connectivity index (χ1n) is 6.41. The number of nitrogens with one attached hydrogen (secondary N) is 1. The van der Waals surface area contributed by atoms with Crippen LogP contribution in [0.2, 0.25) is 0 Å². The molecule has 4 nitrogen and oxygen atoms in total. The maximum atomic E-state index is 13.1. The summed E-state index contributed by atoms with van der Waals surface area (Å²) in [5.41, 5.74) is 1.45. The van der Waals surface area contributed by atoms with Crippen LogP contribution in [-0.2, 0) is 13.1 Å². The predicted octanol–water partition coefficient (Wildman–Crippen LogP) is 2.49. The molecule has 0 bridgehead atoms. The van der Waals surface area contributed by atoms with E-state index < -0.39 is 11.6 Å². The molecule has 1 aromatic carbocycles. The fourth-order valence-electron chi connectivity index (χ4n) is 1.68. The molecule has 0 aliphatic carbocycles. The Morgan fingerprint density at radius 1 is 1.20 bits per heavy atom. The summed E-state index contributed by atoms with van der Waals surface area (Å²) in [5, 5.41) is 11.3. The van der Waals surface area contributed by atoms with Gasteiger partial charge < -0.3 is 5.32 Å². The zero-order valence-corrected chi connectivity index (χ0v) is 11.8. The molecule has 0 fully saturated rings. The predicted molar refractivity (Wildman–Crippen MR) is 72.1 cm³/mol. The molecule has 108 valence electrons. The molecule has 0 saturated carbocycles. The van der Waals surface area contributed by atoms with Crippen LogP contribution in [0.3, 0.4) is 0 Å². The van der Waals surface area contributed by atoms with Gasteiger partial charge >= 0.3 is 0 Å². The fraction of sp³-hybridized carbons (Fsp3) is 0.429. The summed E-state index contributed by atoms with van der Waals surface area (Å²) in [6, 6.07) is 3.82. The highest BCUT2D eigenvalue weighted by molar-refractivity contribution is 5.18. The van der Waals surface area contributed by atoms with Crippen molar-refractivity contribution in [2.45, 2.75) is 39.4 Å². The van der Waals surface area contributed by atoms with E-state index in [4.69, 9.17) is 0 Å². The van der Waals surface area contributed by atoms with Gasteiger partial charge in [0.25, 0.3) is 0 Å². The summed E-state index contributed by atoms with van der Waals surface area (Å²) in [6.45, 7) is 7.18. The third-order valence-electron chi connectivity index (χ3n) is 2.71. The van der Waals surface area contributed by atoms with Crippen LogP contribution in [0.5, 0.6) is 0 Å². The Labute approximate surface area is 116 Å². The normalized spacial score (nSPS) is 11.8. The summed E-state index contributed by atoms with van der Waals surface area (Å²) < 4.78 is 27.5. The van der Waals surface area contributed by atoms with Crippen molar-refractivity contribution in [2.75, 3.05) is 0 Å². The van der Waals surface area contributed by atoms with E-state index in [1.807, 2.05) is 0 Å². The highest BCUT2D eigenvalue weighted by Crippen LogP contribution is 2.10. The number of nitrogens with zero attached hydrogens (tertiary/aromatic N) is 3. The van der Waals surface area contributed by atoms with Crippen molar-refractivity contribution >= 4 is 0 Å². The zero-order chi connectivity index (χ0) is 14.8. The lowest BCUT2D eigenvalue weighted by molar-refractivity contribution is 0.421. The molecule has 0 aliphatic rings. The molecule has 0 atom stereocenters. The molecule has 1 aromatic heterocycles. The number of benzene rings is 1. The summed E-state index contributed by atoms with van der Waals surface area (Å²) in [4.78, 5) is 0. The lowest BCUT2D eigenvalue weighted by atomic mass is 10.1. The van der Waals surface area contributed by atoms with E-state index in [9.17, 15) is 8.78 Å². The molecule has 2 rings (SSSR count). The first-order valence-corrected chi connectivity index (χ1v) is 6.41. The number of aromatic nitrogens is 3. The summed E-state index contributed by atoms with van der Waals surface area (Å²) in [5.74, 6) is -1.69. The lowest BCUT2D eigenvalue weighted by Gasteiger charge is -2.19. The largest absolute Gasteiger partial charge is 0.306 e. The van der Waals surface area contributed by atoms with Gasteiger partial charge in [0.1, 0.15) is 0 Å². The standard InChI is InChI=1S/C14H18F2N4/c1-14(2,3)17-7-11-9-20(19-18-11)8-10-4-5-12(15)13(16)6-10/h4-6,9,17H,7-8H2,1-3H3. The highest BCUT2D eigenvalue weighted by Gasteiger charge is 2.10. The molecule has 1 heterocycles. The molecule has 1 N–H and O–H groups in total. The molecule has 0 radical (unpaired) electrons. The smallest absolute Gasteiger partial charge is 0.159 e. The Balaban J connectivity index is 2.00. The lowest BCUT2D eigenvalue weighted by Crippen LogP contribution is -2.35. The van der Waals surface area contributed by atoms with E-state index >= 15 is 0 Å². The van der Waals surface area contributed by atoms with Crippen molar-refractivity contribution in [1.29, 1.82) is 0 Å². The number of hydrogen-bond donors (Lipinski definition) is 1. The van der Waals surface area contributed by atoms with Crippen molar-refractivity contribution in [3.63, 3.8) is 0 Å². The van der Waals surface area contributed by atoms with Gasteiger partial charge in [-0.1, -0.05) is 11.3 Å². The minimum Gasteiger partial charge on any atom is -0.306 e. The van der Waals surface area contributed by atoms with Crippen LogP contribution in [0.4, 0.5) is 8.78 Å². The minimum absolute atomic E-state index is 0.00383. The van der Waals surface area contributed by atoms with E-state index in [-0.39, 0.29) is 5.54 Å². The van der Waals surface area contributed by atoms with Gasteiger partial charge in [0.2, 0.25) is 0 Å². The van der Waals surface area contributed by atoms with Gasteiger partial charge in [-0.25, -0.2) is 13.5 Å². The number of hydrogen-bond acceptors (Lipinski definition) is 3. The molecular formula is C14H18F2N4.